The predicted molar refractivity (Wildman–Crippen MR) is 63.1 cm³/mol. The maximum Gasteiger partial charge on any atom is 0.258 e. The molecule has 2 aromatic rings. The molecule has 7 nitrogen and oxygen atoms in total. The lowest BCUT2D eigenvalue weighted by atomic mass is 10.4. The molecular formula is C9H10ClN7. The van der Waals surface area contributed by atoms with Crippen LogP contribution in [-0.2, 0) is 0 Å². The van der Waals surface area contributed by atoms with Gasteiger partial charge in [0, 0.05) is 6.54 Å². The van der Waals surface area contributed by atoms with Gasteiger partial charge in [0.25, 0.3) is 5.95 Å². The quantitative estimate of drug-likeness (QED) is 0.633. The van der Waals surface area contributed by atoms with E-state index in [1.807, 2.05) is 0 Å². The molecule has 0 aliphatic carbocycles. The van der Waals surface area contributed by atoms with Crippen molar-refractivity contribution in [3.05, 3.63) is 30.6 Å². The van der Waals surface area contributed by atoms with Crippen LogP contribution in [0.1, 0.15) is 6.42 Å². The zero-order valence-electron chi connectivity index (χ0n) is 8.91. The second-order valence-electron chi connectivity index (χ2n) is 3.07. The Labute approximate surface area is 103 Å². The molecule has 0 aliphatic rings. The molecule has 2 rings (SSSR count). The largest absolute Gasteiger partial charge is 0.354 e. The highest BCUT2D eigenvalue weighted by Crippen LogP contribution is 2.08. The summed E-state index contributed by atoms with van der Waals surface area (Å²) >= 11 is 5.80. The summed E-state index contributed by atoms with van der Waals surface area (Å²) in [5, 5.41) is 7.03. The maximum atomic E-state index is 5.80. The Kier molecular flexibility index (Phi) is 3.61. The number of nitrogens with one attached hydrogen (secondary N) is 1. The van der Waals surface area contributed by atoms with Crippen molar-refractivity contribution < 1.29 is 0 Å². The van der Waals surface area contributed by atoms with E-state index in [0.717, 1.165) is 6.42 Å². The van der Waals surface area contributed by atoms with Crippen LogP contribution in [0.2, 0.25) is 5.28 Å². The molecule has 2 aromatic heterocycles. The third-order valence-corrected chi connectivity index (χ3v) is 2.02. The van der Waals surface area contributed by atoms with Crippen LogP contribution in [0.3, 0.4) is 0 Å². The minimum atomic E-state index is 0.103. The Morgan fingerprint density at radius 3 is 3.00 bits per heavy atom. The van der Waals surface area contributed by atoms with Crippen LogP contribution in [0.25, 0.3) is 5.95 Å². The minimum Gasteiger partial charge on any atom is -0.354 e. The van der Waals surface area contributed by atoms with E-state index >= 15 is 0 Å². The number of hydrogen-bond acceptors (Lipinski definition) is 6. The van der Waals surface area contributed by atoms with Gasteiger partial charge < -0.3 is 5.32 Å². The molecule has 0 saturated heterocycles. The summed E-state index contributed by atoms with van der Waals surface area (Å²) in [5.41, 5.74) is 0. The summed E-state index contributed by atoms with van der Waals surface area (Å²) in [5.74, 6) is 0.723. The summed E-state index contributed by atoms with van der Waals surface area (Å²) in [6.07, 6.45) is 5.48. The average molecular weight is 252 g/mol. The standard InChI is InChI=1S/C9H10ClN7/c1-2-3-4-12-8-14-7(10)15-9(16-8)17-6-11-5-13-17/h2,5-6H,1,3-4H2,(H,12,14,15,16). The monoisotopic (exact) mass is 251 g/mol. The zero-order chi connectivity index (χ0) is 12.1. The van der Waals surface area contributed by atoms with E-state index < -0.39 is 0 Å². The van der Waals surface area contributed by atoms with Crippen molar-refractivity contribution in [3.63, 3.8) is 0 Å². The van der Waals surface area contributed by atoms with Crippen LogP contribution in [0.5, 0.6) is 0 Å². The number of rotatable bonds is 5. The van der Waals surface area contributed by atoms with Gasteiger partial charge in [-0.05, 0) is 18.0 Å². The summed E-state index contributed by atoms with van der Waals surface area (Å²) < 4.78 is 1.41. The number of hydrogen-bond donors (Lipinski definition) is 1. The molecule has 1 N–H and O–H groups in total. The first-order valence-electron chi connectivity index (χ1n) is 4.91. The molecule has 0 aromatic carbocycles. The van der Waals surface area contributed by atoms with Crippen LogP contribution in [0.15, 0.2) is 25.3 Å². The fraction of sp³-hybridized carbons (Fsp3) is 0.222. The fourth-order valence-electron chi connectivity index (χ4n) is 1.12. The van der Waals surface area contributed by atoms with E-state index in [1.165, 1.54) is 17.3 Å². The van der Waals surface area contributed by atoms with Crippen molar-refractivity contribution >= 4 is 17.5 Å². The van der Waals surface area contributed by atoms with E-state index in [4.69, 9.17) is 11.6 Å². The lowest BCUT2D eigenvalue weighted by molar-refractivity contribution is 0.793. The van der Waals surface area contributed by atoms with Gasteiger partial charge in [-0.1, -0.05) is 6.08 Å². The molecule has 2 heterocycles. The molecule has 88 valence electrons. The van der Waals surface area contributed by atoms with Gasteiger partial charge in [-0.3, -0.25) is 0 Å². The van der Waals surface area contributed by atoms with E-state index in [-0.39, 0.29) is 5.28 Å². The first kappa shape index (κ1) is 11.5. The molecule has 0 saturated carbocycles. The summed E-state index contributed by atoms with van der Waals surface area (Å²) in [6, 6.07) is 0. The van der Waals surface area contributed by atoms with Crippen LogP contribution >= 0.6 is 11.6 Å². The molecule has 0 radical (unpaired) electrons. The lowest BCUT2D eigenvalue weighted by Crippen LogP contribution is -2.10. The van der Waals surface area contributed by atoms with Gasteiger partial charge in [-0.2, -0.15) is 24.7 Å². The Hall–Kier alpha value is -2.02. The van der Waals surface area contributed by atoms with Gasteiger partial charge in [-0.15, -0.1) is 6.58 Å². The van der Waals surface area contributed by atoms with Crippen LogP contribution < -0.4 is 5.32 Å². The number of halogens is 1. The fourth-order valence-corrected chi connectivity index (χ4v) is 1.27. The van der Waals surface area contributed by atoms with E-state index in [1.54, 1.807) is 6.08 Å². The molecule has 8 heteroatoms. The van der Waals surface area contributed by atoms with Gasteiger partial charge >= 0.3 is 0 Å². The second kappa shape index (κ2) is 5.35. The summed E-state index contributed by atoms with van der Waals surface area (Å²) in [4.78, 5) is 15.9. The smallest absolute Gasteiger partial charge is 0.258 e. The molecule has 0 unspecified atom stereocenters. The average Bonchev–Trinajstić information content (AvgIpc) is 2.82. The zero-order valence-corrected chi connectivity index (χ0v) is 9.67. The van der Waals surface area contributed by atoms with Crippen molar-refractivity contribution in [1.82, 2.24) is 29.7 Å². The molecule has 0 atom stereocenters. The first-order valence-corrected chi connectivity index (χ1v) is 5.29. The minimum absolute atomic E-state index is 0.103. The third kappa shape index (κ3) is 2.97. The van der Waals surface area contributed by atoms with Crippen molar-refractivity contribution in [2.75, 3.05) is 11.9 Å². The number of aromatic nitrogens is 6. The van der Waals surface area contributed by atoms with Crippen molar-refractivity contribution in [2.24, 2.45) is 0 Å². The summed E-state index contributed by atoms with van der Waals surface area (Å²) in [7, 11) is 0. The van der Waals surface area contributed by atoms with E-state index in [0.29, 0.717) is 18.4 Å². The molecular weight excluding hydrogens is 242 g/mol. The number of nitrogens with zero attached hydrogens (tertiary/aromatic N) is 6. The maximum absolute atomic E-state index is 5.80. The molecule has 0 fully saturated rings. The Morgan fingerprint density at radius 2 is 2.29 bits per heavy atom. The van der Waals surface area contributed by atoms with E-state index in [2.05, 4.69) is 36.9 Å². The number of anilines is 1. The SMILES string of the molecule is C=CCCNc1nc(Cl)nc(-n2cncn2)n1. The molecule has 0 amide bonds. The van der Waals surface area contributed by atoms with E-state index in [9.17, 15) is 0 Å². The van der Waals surface area contributed by atoms with Gasteiger partial charge in [-0.25, -0.2) is 4.98 Å². The Morgan fingerprint density at radius 1 is 1.41 bits per heavy atom. The highest BCUT2D eigenvalue weighted by atomic mass is 35.5. The van der Waals surface area contributed by atoms with Crippen molar-refractivity contribution in [3.8, 4) is 5.95 Å². The molecule has 17 heavy (non-hydrogen) atoms. The molecule has 0 aliphatic heterocycles. The Balaban J connectivity index is 2.20. The van der Waals surface area contributed by atoms with Crippen molar-refractivity contribution in [2.45, 2.75) is 6.42 Å². The van der Waals surface area contributed by atoms with Gasteiger partial charge in [0.1, 0.15) is 12.7 Å². The topological polar surface area (TPSA) is 81.4 Å². The third-order valence-electron chi connectivity index (χ3n) is 1.85. The molecule has 0 bridgehead atoms. The van der Waals surface area contributed by atoms with Crippen LogP contribution in [-0.4, -0.2) is 36.3 Å². The van der Waals surface area contributed by atoms with Crippen molar-refractivity contribution in [1.29, 1.82) is 0 Å². The van der Waals surface area contributed by atoms with Gasteiger partial charge in [0.2, 0.25) is 11.2 Å². The van der Waals surface area contributed by atoms with Gasteiger partial charge in [0.15, 0.2) is 0 Å². The van der Waals surface area contributed by atoms with Gasteiger partial charge in [0.05, 0.1) is 0 Å². The highest BCUT2D eigenvalue weighted by molar-refractivity contribution is 6.28. The normalized spacial score (nSPS) is 10.2. The predicted octanol–water partition coefficient (Wildman–Crippen LogP) is 1.09. The van der Waals surface area contributed by atoms with Crippen LogP contribution in [0, 0.1) is 0 Å². The second-order valence-corrected chi connectivity index (χ2v) is 3.41. The van der Waals surface area contributed by atoms with Crippen LogP contribution in [0.4, 0.5) is 5.95 Å². The Bertz CT molecular complexity index is 496. The first-order chi connectivity index (χ1) is 8.29. The lowest BCUT2D eigenvalue weighted by Gasteiger charge is -2.04. The summed E-state index contributed by atoms with van der Waals surface area (Å²) in [6.45, 7) is 4.31. The molecule has 0 spiro atoms. The highest BCUT2D eigenvalue weighted by Gasteiger charge is 2.06.